The first-order chi connectivity index (χ1) is 11.3. The van der Waals surface area contributed by atoms with E-state index in [1.165, 1.54) is 6.07 Å². The smallest absolute Gasteiger partial charge is 0.246 e. The number of carbonyl (C=O) groups excluding carboxylic acids is 1. The van der Waals surface area contributed by atoms with E-state index in [0.29, 0.717) is 16.7 Å². The van der Waals surface area contributed by atoms with Crippen molar-refractivity contribution in [2.24, 2.45) is 0 Å². The fraction of sp³-hybridized carbons (Fsp3) is 0. The van der Waals surface area contributed by atoms with Crippen molar-refractivity contribution in [3.8, 4) is 6.07 Å². The van der Waals surface area contributed by atoms with Crippen molar-refractivity contribution in [1.82, 2.24) is 4.98 Å². The van der Waals surface area contributed by atoms with Crippen molar-refractivity contribution in [3.63, 3.8) is 0 Å². The third kappa shape index (κ3) is 2.16. The molecule has 0 atom stereocenters. The second-order valence-electron chi connectivity index (χ2n) is 5.16. The zero-order chi connectivity index (χ0) is 15.8. The van der Waals surface area contributed by atoms with Gasteiger partial charge in [-0.3, -0.25) is 4.79 Å². The first kappa shape index (κ1) is 13.2. The van der Waals surface area contributed by atoms with Gasteiger partial charge < -0.3 is 4.42 Å². The van der Waals surface area contributed by atoms with Crippen molar-refractivity contribution < 1.29 is 9.21 Å². The highest BCUT2D eigenvalue weighted by molar-refractivity contribution is 6.09. The number of para-hydroxylation sites is 2. The van der Waals surface area contributed by atoms with Crippen LogP contribution in [0.4, 0.5) is 0 Å². The minimum Gasteiger partial charge on any atom is -0.453 e. The van der Waals surface area contributed by atoms with Crippen LogP contribution >= 0.6 is 0 Å². The Balaban J connectivity index is 1.88. The third-order valence-electron chi connectivity index (χ3n) is 3.72. The molecule has 4 nitrogen and oxygen atoms in total. The first-order valence-corrected chi connectivity index (χ1v) is 7.09. The molecule has 4 aromatic rings. The number of nitrogens with zero attached hydrogens (tertiary/aromatic N) is 2. The van der Waals surface area contributed by atoms with Gasteiger partial charge in [-0.25, -0.2) is 4.98 Å². The molecule has 4 rings (SSSR count). The van der Waals surface area contributed by atoms with Crippen LogP contribution in [0, 0.1) is 11.3 Å². The molecule has 0 unspecified atom stereocenters. The topological polar surface area (TPSA) is 66.9 Å². The van der Waals surface area contributed by atoms with Gasteiger partial charge in [-0.05, 0) is 24.3 Å². The van der Waals surface area contributed by atoms with Gasteiger partial charge >= 0.3 is 0 Å². The summed E-state index contributed by atoms with van der Waals surface area (Å²) in [6, 6.07) is 20.0. The molecule has 0 N–H and O–H groups in total. The van der Waals surface area contributed by atoms with Gasteiger partial charge in [0.1, 0.15) is 11.3 Å². The predicted molar refractivity (Wildman–Crippen MR) is 86.1 cm³/mol. The van der Waals surface area contributed by atoms with Crippen LogP contribution < -0.4 is 0 Å². The maximum atomic E-state index is 12.7. The van der Waals surface area contributed by atoms with Gasteiger partial charge in [-0.15, -0.1) is 0 Å². The monoisotopic (exact) mass is 298 g/mol. The van der Waals surface area contributed by atoms with Gasteiger partial charge in [0.05, 0.1) is 17.1 Å². The maximum absolute atomic E-state index is 12.7. The SMILES string of the molecule is N#Cc1cc(C(=O)c2cc3ccccc3o2)nc2ccccc12. The Labute approximate surface area is 131 Å². The number of ketones is 1. The zero-order valence-corrected chi connectivity index (χ0v) is 12.0. The number of rotatable bonds is 2. The fourth-order valence-electron chi connectivity index (χ4n) is 2.60. The number of benzene rings is 2. The molecule has 2 heterocycles. The van der Waals surface area contributed by atoms with Crippen molar-refractivity contribution in [2.45, 2.75) is 0 Å². The normalized spacial score (nSPS) is 10.7. The lowest BCUT2D eigenvalue weighted by molar-refractivity contribution is 0.101. The van der Waals surface area contributed by atoms with Crippen molar-refractivity contribution in [1.29, 1.82) is 5.26 Å². The molecule has 0 radical (unpaired) electrons. The first-order valence-electron chi connectivity index (χ1n) is 7.09. The molecule has 0 bridgehead atoms. The standard InChI is InChI=1S/C19H10N2O2/c20-11-13-9-16(21-15-7-3-2-6-14(13)15)19(22)18-10-12-5-1-4-8-17(12)23-18/h1-10H. The van der Waals surface area contributed by atoms with E-state index in [0.717, 1.165) is 10.8 Å². The molecule has 2 aromatic carbocycles. The van der Waals surface area contributed by atoms with Crippen LogP contribution in [0.5, 0.6) is 0 Å². The van der Waals surface area contributed by atoms with Crippen LogP contribution in [0.3, 0.4) is 0 Å². The van der Waals surface area contributed by atoms with E-state index in [1.807, 2.05) is 36.4 Å². The van der Waals surface area contributed by atoms with E-state index < -0.39 is 0 Å². The Morgan fingerprint density at radius 2 is 1.83 bits per heavy atom. The molecule has 0 spiro atoms. The number of aromatic nitrogens is 1. The summed E-state index contributed by atoms with van der Waals surface area (Å²) < 4.78 is 5.60. The van der Waals surface area contributed by atoms with Crippen LogP contribution in [-0.2, 0) is 0 Å². The number of carbonyl (C=O) groups is 1. The van der Waals surface area contributed by atoms with Crippen molar-refractivity contribution in [3.05, 3.63) is 77.7 Å². The molecule has 23 heavy (non-hydrogen) atoms. The molecule has 108 valence electrons. The minimum atomic E-state index is -0.330. The second kappa shape index (κ2) is 5.08. The van der Waals surface area contributed by atoms with Crippen LogP contribution in [0.15, 0.2) is 65.1 Å². The summed E-state index contributed by atoms with van der Waals surface area (Å²) in [6.45, 7) is 0. The Morgan fingerprint density at radius 3 is 2.65 bits per heavy atom. The molecule has 0 saturated carbocycles. The van der Waals surface area contributed by atoms with E-state index in [9.17, 15) is 10.1 Å². The molecule has 0 aliphatic rings. The highest BCUT2D eigenvalue weighted by Gasteiger charge is 2.18. The van der Waals surface area contributed by atoms with Gasteiger partial charge in [0, 0.05) is 10.8 Å². The summed E-state index contributed by atoms with van der Waals surface area (Å²) >= 11 is 0. The van der Waals surface area contributed by atoms with Crippen LogP contribution in [-0.4, -0.2) is 10.8 Å². The van der Waals surface area contributed by atoms with Crippen LogP contribution in [0.2, 0.25) is 0 Å². The number of furan rings is 1. The Bertz CT molecular complexity index is 1070. The van der Waals surface area contributed by atoms with E-state index in [2.05, 4.69) is 11.1 Å². The lowest BCUT2D eigenvalue weighted by Gasteiger charge is -2.03. The van der Waals surface area contributed by atoms with Crippen molar-refractivity contribution in [2.75, 3.05) is 0 Å². The van der Waals surface area contributed by atoms with Gasteiger partial charge in [0.2, 0.25) is 5.78 Å². The average molecular weight is 298 g/mol. The highest BCUT2D eigenvalue weighted by atomic mass is 16.3. The second-order valence-corrected chi connectivity index (χ2v) is 5.16. The third-order valence-corrected chi connectivity index (χ3v) is 3.72. The highest BCUT2D eigenvalue weighted by Crippen LogP contribution is 2.23. The summed E-state index contributed by atoms with van der Waals surface area (Å²) in [4.78, 5) is 17.0. The summed E-state index contributed by atoms with van der Waals surface area (Å²) in [5.41, 5.74) is 1.90. The molecular formula is C19H10N2O2. The van der Waals surface area contributed by atoms with E-state index in [4.69, 9.17) is 4.42 Å². The number of nitriles is 1. The Kier molecular flexibility index (Phi) is 2.92. The van der Waals surface area contributed by atoms with E-state index >= 15 is 0 Å². The van der Waals surface area contributed by atoms with Gasteiger partial charge in [0.25, 0.3) is 0 Å². The average Bonchev–Trinajstić information content (AvgIpc) is 3.04. The lowest BCUT2D eigenvalue weighted by Crippen LogP contribution is -2.04. The summed E-state index contributed by atoms with van der Waals surface area (Å²) in [7, 11) is 0. The summed E-state index contributed by atoms with van der Waals surface area (Å²) in [5.74, 6) is -0.110. The Morgan fingerprint density at radius 1 is 1.04 bits per heavy atom. The lowest BCUT2D eigenvalue weighted by atomic mass is 10.1. The molecule has 0 amide bonds. The number of fused-ring (bicyclic) bond motifs is 2. The fourth-order valence-corrected chi connectivity index (χ4v) is 2.60. The quantitative estimate of drug-likeness (QED) is 0.523. The van der Waals surface area contributed by atoms with Crippen molar-refractivity contribution >= 4 is 27.7 Å². The number of pyridine rings is 1. The number of hydrogen-bond acceptors (Lipinski definition) is 4. The maximum Gasteiger partial charge on any atom is 0.246 e. The summed E-state index contributed by atoms with van der Waals surface area (Å²) in [5, 5.41) is 10.9. The van der Waals surface area contributed by atoms with Gasteiger partial charge in [-0.2, -0.15) is 5.26 Å². The van der Waals surface area contributed by atoms with Gasteiger partial charge in [-0.1, -0.05) is 36.4 Å². The molecule has 4 heteroatoms. The van der Waals surface area contributed by atoms with E-state index in [-0.39, 0.29) is 17.2 Å². The molecule has 0 aliphatic carbocycles. The molecule has 0 fully saturated rings. The largest absolute Gasteiger partial charge is 0.453 e. The zero-order valence-electron chi connectivity index (χ0n) is 12.0. The van der Waals surface area contributed by atoms with Crippen LogP contribution in [0.25, 0.3) is 21.9 Å². The summed E-state index contributed by atoms with van der Waals surface area (Å²) in [6.07, 6.45) is 0. The Hall–Kier alpha value is -3.45. The van der Waals surface area contributed by atoms with Gasteiger partial charge in [0.15, 0.2) is 5.76 Å². The predicted octanol–water partition coefficient (Wildman–Crippen LogP) is 4.08. The molecular weight excluding hydrogens is 288 g/mol. The molecule has 2 aromatic heterocycles. The van der Waals surface area contributed by atoms with Crippen LogP contribution in [0.1, 0.15) is 21.8 Å². The molecule has 0 aliphatic heterocycles. The molecule has 0 saturated heterocycles. The number of hydrogen-bond donors (Lipinski definition) is 0. The minimum absolute atomic E-state index is 0.208. The van der Waals surface area contributed by atoms with E-state index in [1.54, 1.807) is 18.2 Å².